The summed E-state index contributed by atoms with van der Waals surface area (Å²) in [5.74, 6) is -1.03. The number of carbonyl (C=O) groups is 2. The Balaban J connectivity index is 1.72. The number of amides is 2. The van der Waals surface area contributed by atoms with Gasteiger partial charge in [0.15, 0.2) is 0 Å². The quantitative estimate of drug-likeness (QED) is 0.760. The molecule has 1 fully saturated rings. The van der Waals surface area contributed by atoms with Gasteiger partial charge in [-0.05, 0) is 36.5 Å². The fourth-order valence-electron chi connectivity index (χ4n) is 2.68. The topological polar surface area (TPSA) is 78.4 Å². The van der Waals surface area contributed by atoms with Crippen LogP contribution in [0.25, 0.3) is 0 Å². The number of carbonyl (C=O) groups excluding carboxylic acids is 1. The summed E-state index contributed by atoms with van der Waals surface area (Å²) >= 11 is 3.36. The largest absolute Gasteiger partial charge is 0.481 e. The lowest BCUT2D eigenvalue weighted by molar-refractivity contribution is -0.142. The van der Waals surface area contributed by atoms with Crippen molar-refractivity contribution < 1.29 is 14.7 Å². The highest BCUT2D eigenvalue weighted by molar-refractivity contribution is 9.10. The first kappa shape index (κ1) is 15.8. The van der Waals surface area contributed by atoms with Crippen LogP contribution < -0.4 is 10.6 Å². The molecule has 0 aromatic heterocycles. The smallest absolute Gasteiger partial charge is 0.315 e. The molecule has 0 bridgehead atoms. The lowest BCUT2D eigenvalue weighted by Gasteiger charge is -2.16. The molecule has 0 heterocycles. The summed E-state index contributed by atoms with van der Waals surface area (Å²) in [6.07, 6.45) is 2.50. The van der Waals surface area contributed by atoms with E-state index in [-0.39, 0.29) is 17.9 Å². The van der Waals surface area contributed by atoms with Crippen molar-refractivity contribution >= 4 is 27.9 Å². The predicted molar refractivity (Wildman–Crippen MR) is 82.8 cm³/mol. The van der Waals surface area contributed by atoms with E-state index in [1.165, 1.54) is 0 Å². The van der Waals surface area contributed by atoms with E-state index in [1.807, 2.05) is 24.3 Å². The molecule has 1 aliphatic carbocycles. The second kappa shape index (κ2) is 7.45. The van der Waals surface area contributed by atoms with Crippen molar-refractivity contribution in [1.29, 1.82) is 0 Å². The maximum atomic E-state index is 11.7. The molecule has 1 aliphatic rings. The molecular weight excluding hydrogens is 336 g/mol. The van der Waals surface area contributed by atoms with Gasteiger partial charge in [0.05, 0.1) is 5.92 Å². The Morgan fingerprint density at radius 3 is 2.57 bits per heavy atom. The summed E-state index contributed by atoms with van der Waals surface area (Å²) in [5.41, 5.74) is 1.01. The van der Waals surface area contributed by atoms with Crippen LogP contribution in [0.1, 0.15) is 24.8 Å². The van der Waals surface area contributed by atoms with Crippen molar-refractivity contribution in [2.75, 3.05) is 6.54 Å². The van der Waals surface area contributed by atoms with Gasteiger partial charge in [-0.15, -0.1) is 0 Å². The van der Waals surface area contributed by atoms with Crippen LogP contribution in [0.15, 0.2) is 28.7 Å². The molecule has 21 heavy (non-hydrogen) atoms. The number of benzene rings is 1. The van der Waals surface area contributed by atoms with Crippen LogP contribution in [-0.2, 0) is 11.3 Å². The van der Waals surface area contributed by atoms with Gasteiger partial charge in [0.2, 0.25) is 0 Å². The summed E-state index contributed by atoms with van der Waals surface area (Å²) in [6, 6.07) is 7.45. The van der Waals surface area contributed by atoms with E-state index in [9.17, 15) is 9.59 Å². The Labute approximate surface area is 132 Å². The van der Waals surface area contributed by atoms with Crippen molar-refractivity contribution in [1.82, 2.24) is 10.6 Å². The minimum Gasteiger partial charge on any atom is -0.481 e. The molecule has 2 atom stereocenters. The van der Waals surface area contributed by atoms with Crippen LogP contribution in [0.2, 0.25) is 0 Å². The van der Waals surface area contributed by atoms with E-state index in [0.29, 0.717) is 19.5 Å². The van der Waals surface area contributed by atoms with Gasteiger partial charge < -0.3 is 15.7 Å². The molecule has 5 nitrogen and oxygen atoms in total. The summed E-state index contributed by atoms with van der Waals surface area (Å²) in [5, 5.41) is 14.6. The van der Waals surface area contributed by atoms with Crippen molar-refractivity contribution in [3.05, 3.63) is 34.3 Å². The number of aliphatic carboxylic acids is 1. The van der Waals surface area contributed by atoms with E-state index in [2.05, 4.69) is 26.6 Å². The normalized spacial score (nSPS) is 21.0. The average Bonchev–Trinajstić information content (AvgIpc) is 2.93. The second-order valence-electron chi connectivity index (χ2n) is 5.33. The van der Waals surface area contributed by atoms with Crippen LogP contribution in [0.5, 0.6) is 0 Å². The fourth-order valence-corrected chi connectivity index (χ4v) is 2.94. The van der Waals surface area contributed by atoms with Crippen molar-refractivity contribution in [2.24, 2.45) is 11.8 Å². The third kappa shape index (κ3) is 4.74. The minimum atomic E-state index is -0.755. The molecule has 0 saturated heterocycles. The molecule has 1 aromatic carbocycles. The molecule has 6 heteroatoms. The standard InChI is InChI=1S/C15H19BrN2O3/c16-12-6-4-10(5-7-12)8-17-15(21)18-9-11-2-1-3-13(11)14(19)20/h4-7,11,13H,1-3,8-9H2,(H,19,20)(H2,17,18,21). The van der Waals surface area contributed by atoms with Gasteiger partial charge in [-0.3, -0.25) is 4.79 Å². The Hall–Kier alpha value is -1.56. The van der Waals surface area contributed by atoms with E-state index >= 15 is 0 Å². The maximum Gasteiger partial charge on any atom is 0.315 e. The number of urea groups is 1. The Kier molecular flexibility index (Phi) is 5.61. The number of carboxylic acid groups (broad SMARTS) is 1. The molecule has 0 aliphatic heterocycles. The van der Waals surface area contributed by atoms with Gasteiger partial charge in [0.25, 0.3) is 0 Å². The van der Waals surface area contributed by atoms with Crippen molar-refractivity contribution in [3.63, 3.8) is 0 Å². The lowest BCUT2D eigenvalue weighted by atomic mass is 9.96. The van der Waals surface area contributed by atoms with E-state index in [4.69, 9.17) is 5.11 Å². The first-order valence-corrected chi connectivity index (χ1v) is 7.84. The fraction of sp³-hybridized carbons (Fsp3) is 0.467. The highest BCUT2D eigenvalue weighted by Crippen LogP contribution is 2.31. The van der Waals surface area contributed by atoms with Gasteiger partial charge in [0.1, 0.15) is 0 Å². The van der Waals surface area contributed by atoms with Crippen LogP contribution in [0.3, 0.4) is 0 Å². The summed E-state index contributed by atoms with van der Waals surface area (Å²) in [6.45, 7) is 0.870. The predicted octanol–water partition coefficient (Wildman–Crippen LogP) is 2.75. The Morgan fingerprint density at radius 1 is 1.19 bits per heavy atom. The summed E-state index contributed by atoms with van der Waals surface area (Å²) in [7, 11) is 0. The molecule has 1 aromatic rings. The number of rotatable bonds is 5. The van der Waals surface area contributed by atoms with Crippen LogP contribution in [-0.4, -0.2) is 23.7 Å². The first-order valence-electron chi connectivity index (χ1n) is 7.05. The molecule has 114 valence electrons. The molecule has 0 radical (unpaired) electrons. The number of carboxylic acids is 1. The SMILES string of the molecule is O=C(NCc1ccc(Br)cc1)NCC1CCCC1C(=O)O. The second-order valence-corrected chi connectivity index (χ2v) is 6.24. The van der Waals surface area contributed by atoms with Gasteiger partial charge in [0, 0.05) is 17.6 Å². The van der Waals surface area contributed by atoms with Crippen LogP contribution in [0.4, 0.5) is 4.79 Å². The lowest BCUT2D eigenvalue weighted by Crippen LogP contribution is -2.39. The Bertz CT molecular complexity index is 504. The monoisotopic (exact) mass is 354 g/mol. The van der Waals surface area contributed by atoms with Gasteiger partial charge in [-0.25, -0.2) is 4.79 Å². The van der Waals surface area contributed by atoms with E-state index in [1.54, 1.807) is 0 Å². The van der Waals surface area contributed by atoms with E-state index in [0.717, 1.165) is 22.9 Å². The molecule has 2 unspecified atom stereocenters. The molecular formula is C15H19BrN2O3. The highest BCUT2D eigenvalue weighted by atomic mass is 79.9. The van der Waals surface area contributed by atoms with Gasteiger partial charge in [-0.2, -0.15) is 0 Å². The zero-order valence-corrected chi connectivity index (χ0v) is 13.2. The van der Waals surface area contributed by atoms with Crippen LogP contribution in [0, 0.1) is 11.8 Å². The molecule has 1 saturated carbocycles. The number of halogens is 1. The third-order valence-corrected chi connectivity index (χ3v) is 4.40. The number of hydrogen-bond donors (Lipinski definition) is 3. The zero-order valence-electron chi connectivity index (χ0n) is 11.6. The van der Waals surface area contributed by atoms with Gasteiger partial charge >= 0.3 is 12.0 Å². The minimum absolute atomic E-state index is 0.0425. The number of hydrogen-bond acceptors (Lipinski definition) is 2. The molecule has 3 N–H and O–H groups in total. The maximum absolute atomic E-state index is 11.7. The average molecular weight is 355 g/mol. The number of nitrogens with one attached hydrogen (secondary N) is 2. The van der Waals surface area contributed by atoms with E-state index < -0.39 is 5.97 Å². The summed E-state index contributed by atoms with van der Waals surface area (Å²) < 4.78 is 0.997. The van der Waals surface area contributed by atoms with Crippen LogP contribution >= 0.6 is 15.9 Å². The molecule has 2 amide bonds. The first-order chi connectivity index (χ1) is 10.1. The molecule has 2 rings (SSSR count). The Morgan fingerprint density at radius 2 is 1.90 bits per heavy atom. The highest BCUT2D eigenvalue weighted by Gasteiger charge is 2.32. The van der Waals surface area contributed by atoms with Gasteiger partial charge in [-0.1, -0.05) is 34.5 Å². The summed E-state index contributed by atoms with van der Waals surface area (Å²) in [4.78, 5) is 22.8. The molecule has 0 spiro atoms. The van der Waals surface area contributed by atoms with Crippen molar-refractivity contribution in [2.45, 2.75) is 25.8 Å². The third-order valence-electron chi connectivity index (χ3n) is 3.87. The van der Waals surface area contributed by atoms with Crippen molar-refractivity contribution in [3.8, 4) is 0 Å². The zero-order chi connectivity index (χ0) is 15.2.